The van der Waals surface area contributed by atoms with Crippen LogP contribution in [0.4, 0.5) is 0 Å². The molecule has 0 aromatic rings. The van der Waals surface area contributed by atoms with E-state index in [1.54, 1.807) is 0 Å². The van der Waals surface area contributed by atoms with E-state index in [0.717, 1.165) is 6.92 Å². The molecule has 0 aromatic heterocycles. The molecule has 0 radical (unpaired) electrons. The molecule has 0 aliphatic carbocycles. The number of carbonyl (C=O) groups excluding carboxylic acids is 4. The van der Waals surface area contributed by atoms with E-state index in [4.69, 9.17) is 0 Å². The predicted molar refractivity (Wildman–Crippen MR) is 35.9 cm³/mol. The molecule has 60 valence electrons. The second-order valence-corrected chi connectivity index (χ2v) is 2.06. The lowest BCUT2D eigenvalue weighted by atomic mass is 10.0. The smallest absolute Gasteiger partial charge is 0.157 e. The van der Waals surface area contributed by atoms with E-state index in [-0.39, 0.29) is 12.7 Å². The quantitative estimate of drug-likeness (QED) is 0.399. The van der Waals surface area contributed by atoms with Gasteiger partial charge >= 0.3 is 0 Å². The molecule has 0 saturated heterocycles. The molecule has 0 saturated carbocycles. The summed E-state index contributed by atoms with van der Waals surface area (Å²) in [6, 6.07) is 0. The number of carbonyl (C=O) groups is 4. The van der Waals surface area contributed by atoms with Crippen molar-refractivity contribution < 1.29 is 19.2 Å². The molecular weight excluding hydrogens is 148 g/mol. The van der Waals surface area contributed by atoms with Crippen molar-refractivity contribution in [2.45, 2.75) is 13.3 Å². The zero-order valence-electron chi connectivity index (χ0n) is 6.07. The topological polar surface area (TPSA) is 68.3 Å². The van der Waals surface area contributed by atoms with Crippen molar-refractivity contribution in [1.29, 1.82) is 0 Å². The first-order chi connectivity index (χ1) is 5.13. The number of aldehydes is 2. The molecule has 0 heterocycles. The average Bonchev–Trinajstić information content (AvgIpc) is 1.88. The van der Waals surface area contributed by atoms with E-state index >= 15 is 0 Å². The zero-order valence-corrected chi connectivity index (χ0v) is 6.07. The van der Waals surface area contributed by atoms with E-state index in [0.29, 0.717) is 6.29 Å². The highest BCUT2D eigenvalue weighted by Gasteiger charge is 2.21. The van der Waals surface area contributed by atoms with Crippen LogP contribution in [0, 0.1) is 5.92 Å². The van der Waals surface area contributed by atoms with Crippen molar-refractivity contribution in [2.75, 3.05) is 0 Å². The molecule has 11 heavy (non-hydrogen) atoms. The highest BCUT2D eigenvalue weighted by Crippen LogP contribution is 1.98. The van der Waals surface area contributed by atoms with Gasteiger partial charge < -0.3 is 9.59 Å². The van der Waals surface area contributed by atoms with Gasteiger partial charge in [-0.1, -0.05) is 0 Å². The van der Waals surface area contributed by atoms with Crippen LogP contribution in [0.25, 0.3) is 0 Å². The van der Waals surface area contributed by atoms with Gasteiger partial charge in [-0.05, 0) is 6.92 Å². The fourth-order valence-corrected chi connectivity index (χ4v) is 0.608. The Morgan fingerprint density at radius 2 is 1.91 bits per heavy atom. The van der Waals surface area contributed by atoms with Crippen LogP contribution in [-0.4, -0.2) is 24.1 Å². The predicted octanol–water partition coefficient (Wildman–Crippen LogP) is -0.451. The van der Waals surface area contributed by atoms with Crippen molar-refractivity contribution in [3.05, 3.63) is 0 Å². The fourth-order valence-electron chi connectivity index (χ4n) is 0.608. The molecule has 0 amide bonds. The SMILES string of the molecule is CC(=O)C(C=O)C(=O)CC=O. The van der Waals surface area contributed by atoms with Crippen LogP contribution in [0.5, 0.6) is 0 Å². The Hall–Kier alpha value is -1.32. The molecule has 1 unspecified atom stereocenters. The van der Waals surface area contributed by atoms with Gasteiger partial charge in [-0.2, -0.15) is 0 Å². The van der Waals surface area contributed by atoms with Crippen LogP contribution in [0.2, 0.25) is 0 Å². The Kier molecular flexibility index (Phi) is 3.95. The van der Waals surface area contributed by atoms with Crippen molar-refractivity contribution in [3.8, 4) is 0 Å². The van der Waals surface area contributed by atoms with Gasteiger partial charge in [0.05, 0.1) is 6.42 Å². The Bertz CT molecular complexity index is 195. The van der Waals surface area contributed by atoms with Crippen LogP contribution in [0.15, 0.2) is 0 Å². The molecule has 0 fully saturated rings. The lowest BCUT2D eigenvalue weighted by Crippen LogP contribution is -2.23. The van der Waals surface area contributed by atoms with Gasteiger partial charge in [-0.3, -0.25) is 9.59 Å². The van der Waals surface area contributed by atoms with Crippen LogP contribution >= 0.6 is 0 Å². The van der Waals surface area contributed by atoms with Crippen molar-refractivity contribution in [3.63, 3.8) is 0 Å². The highest BCUT2D eigenvalue weighted by molar-refractivity contribution is 6.14. The van der Waals surface area contributed by atoms with Gasteiger partial charge in [0, 0.05) is 0 Å². The number of hydrogen-bond acceptors (Lipinski definition) is 4. The molecule has 0 spiro atoms. The Morgan fingerprint density at radius 1 is 1.36 bits per heavy atom. The number of rotatable bonds is 5. The van der Waals surface area contributed by atoms with E-state index in [2.05, 4.69) is 0 Å². The van der Waals surface area contributed by atoms with E-state index in [1.807, 2.05) is 0 Å². The van der Waals surface area contributed by atoms with E-state index < -0.39 is 17.5 Å². The van der Waals surface area contributed by atoms with Crippen LogP contribution < -0.4 is 0 Å². The maximum atomic E-state index is 10.7. The summed E-state index contributed by atoms with van der Waals surface area (Å²) in [5.41, 5.74) is 0. The molecule has 0 aliphatic rings. The largest absolute Gasteiger partial charge is 0.303 e. The molecular formula is C7H8O4. The van der Waals surface area contributed by atoms with E-state index in [1.165, 1.54) is 0 Å². The molecule has 0 rings (SSSR count). The third-order valence-electron chi connectivity index (χ3n) is 1.21. The maximum Gasteiger partial charge on any atom is 0.157 e. The fraction of sp³-hybridized carbons (Fsp3) is 0.429. The van der Waals surface area contributed by atoms with Gasteiger partial charge in [-0.25, -0.2) is 0 Å². The minimum Gasteiger partial charge on any atom is -0.303 e. The third-order valence-corrected chi connectivity index (χ3v) is 1.21. The van der Waals surface area contributed by atoms with Crippen molar-refractivity contribution in [2.24, 2.45) is 5.92 Å². The first-order valence-corrected chi connectivity index (χ1v) is 3.05. The number of Topliss-reactive ketones (excluding diaryl/α,β-unsaturated/α-hetero) is 2. The summed E-state index contributed by atoms with van der Waals surface area (Å²) in [5, 5.41) is 0. The lowest BCUT2D eigenvalue weighted by molar-refractivity contribution is -0.135. The van der Waals surface area contributed by atoms with E-state index in [9.17, 15) is 19.2 Å². The van der Waals surface area contributed by atoms with Gasteiger partial charge in [0.1, 0.15) is 24.3 Å². The van der Waals surface area contributed by atoms with Gasteiger partial charge in [0.25, 0.3) is 0 Å². The van der Waals surface area contributed by atoms with Crippen molar-refractivity contribution in [1.82, 2.24) is 0 Å². The summed E-state index contributed by atoms with van der Waals surface area (Å²) in [4.78, 5) is 41.2. The Morgan fingerprint density at radius 3 is 2.18 bits per heavy atom. The van der Waals surface area contributed by atoms with Gasteiger partial charge in [0.2, 0.25) is 0 Å². The monoisotopic (exact) mass is 156 g/mol. The number of hydrogen-bond donors (Lipinski definition) is 0. The molecule has 0 N–H and O–H groups in total. The summed E-state index contributed by atoms with van der Waals surface area (Å²) in [6.45, 7) is 1.14. The average molecular weight is 156 g/mol. The molecule has 4 heteroatoms. The van der Waals surface area contributed by atoms with Crippen LogP contribution in [0.3, 0.4) is 0 Å². The summed E-state index contributed by atoms with van der Waals surface area (Å²) >= 11 is 0. The van der Waals surface area contributed by atoms with Crippen molar-refractivity contribution >= 4 is 24.1 Å². The third kappa shape index (κ3) is 2.84. The molecule has 0 aliphatic heterocycles. The molecule has 0 bridgehead atoms. The lowest BCUT2D eigenvalue weighted by Gasteiger charge is -1.99. The summed E-state index contributed by atoms with van der Waals surface area (Å²) < 4.78 is 0. The normalized spacial score (nSPS) is 11.7. The molecule has 4 nitrogen and oxygen atoms in total. The first-order valence-electron chi connectivity index (χ1n) is 3.05. The Labute approximate surface area is 63.6 Å². The second-order valence-electron chi connectivity index (χ2n) is 2.06. The molecule has 1 atom stereocenters. The van der Waals surface area contributed by atoms with Gasteiger partial charge in [-0.15, -0.1) is 0 Å². The van der Waals surface area contributed by atoms with Crippen LogP contribution in [-0.2, 0) is 19.2 Å². The highest BCUT2D eigenvalue weighted by atomic mass is 16.2. The minimum atomic E-state index is -1.25. The summed E-state index contributed by atoms with van der Waals surface area (Å²) in [6.07, 6.45) is 0.263. The molecule has 0 aromatic carbocycles. The van der Waals surface area contributed by atoms with Crippen LogP contribution in [0.1, 0.15) is 13.3 Å². The Balaban J connectivity index is 4.25. The van der Waals surface area contributed by atoms with Gasteiger partial charge in [0.15, 0.2) is 5.78 Å². The second kappa shape index (κ2) is 4.49. The summed E-state index contributed by atoms with van der Waals surface area (Å²) in [7, 11) is 0. The first kappa shape index (κ1) is 9.68. The minimum absolute atomic E-state index is 0.258. The summed E-state index contributed by atoms with van der Waals surface area (Å²) in [5.74, 6) is -2.41. The maximum absolute atomic E-state index is 10.7. The zero-order chi connectivity index (χ0) is 8.85. The standard InChI is InChI=1S/C7H8O4/c1-5(10)6(4-9)7(11)2-3-8/h3-4,6H,2H2,1H3. The number of ketones is 2.